The molecule has 0 saturated heterocycles. The van der Waals surface area contributed by atoms with E-state index in [2.05, 4.69) is 10.6 Å². The Kier molecular flexibility index (Phi) is 5.45. The van der Waals surface area contributed by atoms with E-state index >= 15 is 0 Å². The Labute approximate surface area is 135 Å². The van der Waals surface area contributed by atoms with Gasteiger partial charge in [-0.3, -0.25) is 14.4 Å². The van der Waals surface area contributed by atoms with Crippen LogP contribution >= 0.6 is 0 Å². The highest BCUT2D eigenvalue weighted by Gasteiger charge is 2.16. The summed E-state index contributed by atoms with van der Waals surface area (Å²) in [7, 11) is 0. The van der Waals surface area contributed by atoms with Crippen LogP contribution in [-0.4, -0.2) is 29.4 Å². The third kappa shape index (κ3) is 4.80. The van der Waals surface area contributed by atoms with Gasteiger partial charge < -0.3 is 20.2 Å². The second-order valence-electron chi connectivity index (χ2n) is 4.62. The molecule has 0 aliphatic heterocycles. The van der Waals surface area contributed by atoms with E-state index in [4.69, 9.17) is 9.52 Å². The predicted octanol–water partition coefficient (Wildman–Crippen LogP) is 1.39. The van der Waals surface area contributed by atoms with Gasteiger partial charge in [-0.2, -0.15) is 0 Å². The lowest BCUT2D eigenvalue weighted by atomic mass is 10.2. The number of aliphatic carboxylic acids is 1. The molecule has 0 aliphatic carbocycles. The van der Waals surface area contributed by atoms with E-state index in [9.17, 15) is 18.8 Å². The fourth-order valence-electron chi connectivity index (χ4n) is 1.73. The third-order valence-corrected chi connectivity index (χ3v) is 2.82. The van der Waals surface area contributed by atoms with Crippen molar-refractivity contribution in [2.45, 2.75) is 0 Å². The summed E-state index contributed by atoms with van der Waals surface area (Å²) < 4.78 is 17.9. The highest BCUT2D eigenvalue weighted by Crippen LogP contribution is 2.09. The standard InChI is InChI=1S/C16H13FN2O5/c17-11-5-3-10(4-6-11)8-12(15(22)18-9-14(20)21)19-16(23)13-2-1-7-24-13/h1-8H,9H2,(H,18,22)(H,19,23)(H,20,21)/b12-8+. The molecular formula is C16H13FN2O5. The number of carboxylic acid groups (broad SMARTS) is 1. The molecule has 0 unspecified atom stereocenters. The number of carbonyl (C=O) groups excluding carboxylic acids is 2. The zero-order valence-electron chi connectivity index (χ0n) is 12.3. The lowest BCUT2D eigenvalue weighted by Gasteiger charge is -2.09. The van der Waals surface area contributed by atoms with Crippen molar-refractivity contribution in [3.05, 3.63) is 65.5 Å². The Balaban J connectivity index is 2.23. The van der Waals surface area contributed by atoms with Crippen LogP contribution in [0.4, 0.5) is 4.39 Å². The van der Waals surface area contributed by atoms with E-state index in [1.807, 2.05) is 0 Å². The number of carboxylic acids is 1. The molecular weight excluding hydrogens is 319 g/mol. The van der Waals surface area contributed by atoms with Gasteiger partial charge >= 0.3 is 5.97 Å². The molecule has 2 aromatic rings. The van der Waals surface area contributed by atoms with Crippen LogP contribution in [0.3, 0.4) is 0 Å². The Bertz CT molecular complexity index is 766. The summed E-state index contributed by atoms with van der Waals surface area (Å²) in [6.45, 7) is -0.615. The molecule has 0 fully saturated rings. The van der Waals surface area contributed by atoms with Gasteiger partial charge in [0.05, 0.1) is 6.26 Å². The number of rotatable bonds is 6. The van der Waals surface area contributed by atoms with Gasteiger partial charge in [0.15, 0.2) is 5.76 Å². The number of hydrogen-bond donors (Lipinski definition) is 3. The van der Waals surface area contributed by atoms with Crippen molar-refractivity contribution >= 4 is 23.9 Å². The Morgan fingerprint density at radius 2 is 1.88 bits per heavy atom. The summed E-state index contributed by atoms with van der Waals surface area (Å²) in [5.74, 6) is -3.20. The SMILES string of the molecule is O=C(O)CNC(=O)/C(=C\c1ccc(F)cc1)NC(=O)c1ccco1. The summed E-state index contributed by atoms with van der Waals surface area (Å²) in [4.78, 5) is 34.6. The largest absolute Gasteiger partial charge is 0.480 e. The topological polar surface area (TPSA) is 109 Å². The quantitative estimate of drug-likeness (QED) is 0.693. The van der Waals surface area contributed by atoms with E-state index in [0.29, 0.717) is 5.56 Å². The van der Waals surface area contributed by atoms with Crippen LogP contribution in [0, 0.1) is 5.82 Å². The van der Waals surface area contributed by atoms with Crippen molar-refractivity contribution in [2.24, 2.45) is 0 Å². The van der Waals surface area contributed by atoms with E-state index in [-0.39, 0.29) is 11.5 Å². The first-order chi connectivity index (χ1) is 11.5. The van der Waals surface area contributed by atoms with Gasteiger partial charge in [-0.05, 0) is 35.9 Å². The fourth-order valence-corrected chi connectivity index (χ4v) is 1.73. The monoisotopic (exact) mass is 332 g/mol. The van der Waals surface area contributed by atoms with Crippen molar-refractivity contribution in [2.75, 3.05) is 6.54 Å². The van der Waals surface area contributed by atoms with Crippen LogP contribution in [0.5, 0.6) is 0 Å². The molecule has 7 nitrogen and oxygen atoms in total. The summed E-state index contributed by atoms with van der Waals surface area (Å²) in [5.41, 5.74) is 0.237. The minimum absolute atomic E-state index is 0.0222. The van der Waals surface area contributed by atoms with Crippen LogP contribution < -0.4 is 10.6 Å². The number of furan rings is 1. The lowest BCUT2D eigenvalue weighted by molar-refractivity contribution is -0.137. The van der Waals surface area contributed by atoms with Gasteiger partial charge in [0.2, 0.25) is 0 Å². The van der Waals surface area contributed by atoms with E-state index in [1.54, 1.807) is 0 Å². The number of nitrogens with one attached hydrogen (secondary N) is 2. The Hall–Kier alpha value is -3.42. The summed E-state index contributed by atoms with van der Waals surface area (Å²) in [6.07, 6.45) is 2.58. The molecule has 0 aliphatic rings. The number of amides is 2. The summed E-state index contributed by atoms with van der Waals surface area (Å²) >= 11 is 0. The van der Waals surface area contributed by atoms with Crippen LogP contribution in [0.2, 0.25) is 0 Å². The molecule has 0 atom stereocenters. The molecule has 1 aromatic heterocycles. The number of carbonyl (C=O) groups is 3. The fraction of sp³-hybridized carbons (Fsp3) is 0.0625. The average molecular weight is 332 g/mol. The first-order valence-corrected chi connectivity index (χ1v) is 6.78. The molecule has 124 valence electrons. The molecule has 1 aromatic carbocycles. The van der Waals surface area contributed by atoms with E-state index in [1.165, 1.54) is 48.7 Å². The van der Waals surface area contributed by atoms with Crippen molar-refractivity contribution in [1.29, 1.82) is 0 Å². The van der Waals surface area contributed by atoms with Crippen molar-refractivity contribution in [1.82, 2.24) is 10.6 Å². The molecule has 0 bridgehead atoms. The van der Waals surface area contributed by atoms with Gasteiger partial charge in [-0.25, -0.2) is 4.39 Å². The smallest absolute Gasteiger partial charge is 0.322 e. The van der Waals surface area contributed by atoms with Crippen LogP contribution in [0.25, 0.3) is 6.08 Å². The molecule has 2 amide bonds. The highest BCUT2D eigenvalue weighted by molar-refractivity contribution is 6.04. The predicted molar refractivity (Wildman–Crippen MR) is 81.2 cm³/mol. The van der Waals surface area contributed by atoms with E-state index in [0.717, 1.165) is 0 Å². The minimum atomic E-state index is -1.23. The average Bonchev–Trinajstić information content (AvgIpc) is 3.08. The van der Waals surface area contributed by atoms with Crippen LogP contribution in [0.15, 0.2) is 52.8 Å². The minimum Gasteiger partial charge on any atom is -0.480 e. The first kappa shape index (κ1) is 16.9. The molecule has 1 heterocycles. The van der Waals surface area contributed by atoms with E-state index < -0.39 is 30.1 Å². The molecule has 0 radical (unpaired) electrons. The number of benzene rings is 1. The molecule has 3 N–H and O–H groups in total. The Morgan fingerprint density at radius 3 is 2.46 bits per heavy atom. The zero-order valence-corrected chi connectivity index (χ0v) is 12.3. The van der Waals surface area contributed by atoms with Crippen molar-refractivity contribution in [3.63, 3.8) is 0 Å². The molecule has 0 saturated carbocycles. The molecule has 2 rings (SSSR count). The first-order valence-electron chi connectivity index (χ1n) is 6.78. The molecule has 24 heavy (non-hydrogen) atoms. The second kappa shape index (κ2) is 7.73. The Morgan fingerprint density at radius 1 is 1.17 bits per heavy atom. The zero-order chi connectivity index (χ0) is 17.5. The maximum absolute atomic E-state index is 12.9. The van der Waals surface area contributed by atoms with Crippen LogP contribution in [0.1, 0.15) is 16.1 Å². The van der Waals surface area contributed by atoms with Gasteiger partial charge in [0.1, 0.15) is 18.1 Å². The van der Waals surface area contributed by atoms with Gasteiger partial charge in [-0.15, -0.1) is 0 Å². The van der Waals surface area contributed by atoms with Gasteiger partial charge in [0, 0.05) is 0 Å². The van der Waals surface area contributed by atoms with Crippen molar-refractivity contribution in [3.8, 4) is 0 Å². The normalized spacial score (nSPS) is 11.0. The van der Waals surface area contributed by atoms with Gasteiger partial charge in [-0.1, -0.05) is 12.1 Å². The van der Waals surface area contributed by atoms with Crippen LogP contribution in [-0.2, 0) is 9.59 Å². The second-order valence-corrected chi connectivity index (χ2v) is 4.62. The molecule has 0 spiro atoms. The number of halogens is 1. The highest BCUT2D eigenvalue weighted by atomic mass is 19.1. The number of hydrogen-bond acceptors (Lipinski definition) is 4. The maximum Gasteiger partial charge on any atom is 0.322 e. The van der Waals surface area contributed by atoms with Crippen molar-refractivity contribution < 1.29 is 28.3 Å². The van der Waals surface area contributed by atoms with Gasteiger partial charge in [0.25, 0.3) is 11.8 Å². The summed E-state index contributed by atoms with van der Waals surface area (Å²) in [6, 6.07) is 8.08. The summed E-state index contributed by atoms with van der Waals surface area (Å²) in [5, 5.41) is 13.1. The molecule has 8 heteroatoms. The lowest BCUT2D eigenvalue weighted by Crippen LogP contribution is -2.37. The third-order valence-electron chi connectivity index (χ3n) is 2.82. The maximum atomic E-state index is 12.9.